The average Bonchev–Trinajstić information content (AvgIpc) is 3.33. The molecule has 2 aliphatic carbocycles. The molecule has 19 heavy (non-hydrogen) atoms. The fourth-order valence-corrected chi connectivity index (χ4v) is 3.08. The molecule has 100 valence electrons. The van der Waals surface area contributed by atoms with Gasteiger partial charge in [0, 0.05) is 6.54 Å². The molecule has 0 radical (unpaired) electrons. The number of nitriles is 1. The second-order valence-corrected chi connectivity index (χ2v) is 6.09. The van der Waals surface area contributed by atoms with Crippen LogP contribution in [0.15, 0.2) is 30.3 Å². The van der Waals surface area contributed by atoms with Crippen molar-refractivity contribution in [1.29, 1.82) is 5.26 Å². The van der Waals surface area contributed by atoms with Gasteiger partial charge in [-0.05, 0) is 55.5 Å². The van der Waals surface area contributed by atoms with Crippen LogP contribution in [0, 0.1) is 29.1 Å². The molecule has 3 rings (SSSR count). The Balaban J connectivity index is 1.49. The number of hydrogen-bond donors (Lipinski definition) is 1. The van der Waals surface area contributed by atoms with Gasteiger partial charge in [0.05, 0.1) is 12.0 Å². The smallest absolute Gasteiger partial charge is 0.0837 e. The predicted octanol–water partition coefficient (Wildman–Crippen LogP) is 3.32. The third kappa shape index (κ3) is 3.36. The molecule has 2 saturated carbocycles. The van der Waals surface area contributed by atoms with Crippen molar-refractivity contribution < 1.29 is 0 Å². The summed E-state index contributed by atoms with van der Waals surface area (Å²) in [5.41, 5.74) is 1.13. The van der Waals surface area contributed by atoms with Gasteiger partial charge in [0.2, 0.25) is 0 Å². The second kappa shape index (κ2) is 5.75. The van der Waals surface area contributed by atoms with Crippen LogP contribution in [0.4, 0.5) is 0 Å². The maximum absolute atomic E-state index is 9.30. The van der Waals surface area contributed by atoms with E-state index in [1.165, 1.54) is 25.7 Å². The van der Waals surface area contributed by atoms with Gasteiger partial charge in [-0.3, -0.25) is 0 Å². The van der Waals surface area contributed by atoms with Crippen LogP contribution in [0.3, 0.4) is 0 Å². The quantitative estimate of drug-likeness (QED) is 0.810. The largest absolute Gasteiger partial charge is 0.315 e. The van der Waals surface area contributed by atoms with Crippen LogP contribution in [0.1, 0.15) is 37.2 Å². The molecule has 1 aromatic rings. The van der Waals surface area contributed by atoms with Gasteiger partial charge in [0.1, 0.15) is 0 Å². The third-order valence-corrected chi connectivity index (χ3v) is 4.54. The lowest BCUT2D eigenvalue weighted by atomic mass is 9.96. The number of rotatable bonds is 7. The average molecular weight is 254 g/mol. The zero-order chi connectivity index (χ0) is 13.1. The van der Waals surface area contributed by atoms with Gasteiger partial charge in [-0.1, -0.05) is 30.3 Å². The van der Waals surface area contributed by atoms with E-state index in [0.717, 1.165) is 36.4 Å². The maximum atomic E-state index is 9.30. The number of hydrogen-bond acceptors (Lipinski definition) is 2. The predicted molar refractivity (Wildman–Crippen MR) is 76.6 cm³/mol. The first kappa shape index (κ1) is 12.7. The third-order valence-electron chi connectivity index (χ3n) is 4.54. The van der Waals surface area contributed by atoms with Crippen LogP contribution in [0.5, 0.6) is 0 Å². The molecule has 0 saturated heterocycles. The number of benzene rings is 1. The summed E-state index contributed by atoms with van der Waals surface area (Å²) in [5, 5.41) is 12.9. The van der Waals surface area contributed by atoms with Crippen molar-refractivity contribution in [2.75, 3.05) is 13.1 Å². The highest BCUT2D eigenvalue weighted by atomic mass is 14.9. The number of nitrogens with zero attached hydrogens (tertiary/aromatic N) is 1. The SMILES string of the molecule is N#CC(CNCC(C1CC1)C1CC1)c1ccccc1. The highest BCUT2D eigenvalue weighted by Crippen LogP contribution is 2.48. The lowest BCUT2D eigenvalue weighted by Gasteiger charge is -2.18. The molecule has 1 unspecified atom stereocenters. The summed E-state index contributed by atoms with van der Waals surface area (Å²) in [5.74, 6) is 2.84. The lowest BCUT2D eigenvalue weighted by molar-refractivity contribution is 0.378. The molecule has 2 aliphatic rings. The molecule has 2 fully saturated rings. The highest BCUT2D eigenvalue weighted by Gasteiger charge is 2.40. The van der Waals surface area contributed by atoms with Crippen molar-refractivity contribution in [1.82, 2.24) is 5.32 Å². The maximum Gasteiger partial charge on any atom is 0.0837 e. The summed E-state index contributed by atoms with van der Waals surface area (Å²) < 4.78 is 0. The van der Waals surface area contributed by atoms with E-state index in [1.807, 2.05) is 18.2 Å². The first-order valence-corrected chi connectivity index (χ1v) is 7.53. The van der Waals surface area contributed by atoms with Gasteiger partial charge in [-0.15, -0.1) is 0 Å². The van der Waals surface area contributed by atoms with Crippen LogP contribution in [-0.2, 0) is 0 Å². The van der Waals surface area contributed by atoms with Gasteiger partial charge in [0.25, 0.3) is 0 Å². The van der Waals surface area contributed by atoms with Gasteiger partial charge in [0.15, 0.2) is 0 Å². The summed E-state index contributed by atoms with van der Waals surface area (Å²) in [7, 11) is 0. The molecule has 1 N–H and O–H groups in total. The van der Waals surface area contributed by atoms with E-state index < -0.39 is 0 Å². The molecule has 2 nitrogen and oxygen atoms in total. The topological polar surface area (TPSA) is 35.8 Å². The van der Waals surface area contributed by atoms with E-state index in [4.69, 9.17) is 0 Å². The van der Waals surface area contributed by atoms with Crippen molar-refractivity contribution >= 4 is 0 Å². The summed E-state index contributed by atoms with van der Waals surface area (Å²) in [6.07, 6.45) is 5.73. The lowest BCUT2D eigenvalue weighted by Crippen LogP contribution is -2.29. The standard InChI is InChI=1S/C17H22N2/c18-10-16(13-4-2-1-3-5-13)11-19-12-17(14-6-7-14)15-8-9-15/h1-5,14-17,19H,6-9,11-12H2. The molecule has 1 aromatic carbocycles. The molecule has 1 atom stereocenters. The van der Waals surface area contributed by atoms with Crippen LogP contribution in [0.25, 0.3) is 0 Å². The van der Waals surface area contributed by atoms with E-state index in [1.54, 1.807) is 0 Å². The monoisotopic (exact) mass is 254 g/mol. The highest BCUT2D eigenvalue weighted by molar-refractivity contribution is 5.25. The Hall–Kier alpha value is -1.33. The normalized spacial score (nSPS) is 20.2. The zero-order valence-electron chi connectivity index (χ0n) is 11.4. The van der Waals surface area contributed by atoms with Crippen molar-refractivity contribution in [3.05, 3.63) is 35.9 Å². The first-order valence-electron chi connectivity index (χ1n) is 7.53. The molecular formula is C17H22N2. The molecule has 2 heteroatoms. The molecule has 0 bridgehead atoms. The van der Waals surface area contributed by atoms with Crippen LogP contribution in [-0.4, -0.2) is 13.1 Å². The van der Waals surface area contributed by atoms with E-state index in [0.29, 0.717) is 0 Å². The van der Waals surface area contributed by atoms with Crippen molar-refractivity contribution in [3.8, 4) is 6.07 Å². The van der Waals surface area contributed by atoms with Crippen LogP contribution >= 0.6 is 0 Å². The molecule has 0 spiro atoms. The fraction of sp³-hybridized carbons (Fsp3) is 0.588. The van der Waals surface area contributed by atoms with Gasteiger partial charge in [-0.25, -0.2) is 0 Å². The minimum Gasteiger partial charge on any atom is -0.315 e. The Labute approximate surface area is 115 Å². The summed E-state index contributed by atoms with van der Waals surface area (Å²) in [6, 6.07) is 12.5. The molecule has 0 heterocycles. The van der Waals surface area contributed by atoms with E-state index in [2.05, 4.69) is 23.5 Å². The van der Waals surface area contributed by atoms with Gasteiger partial charge >= 0.3 is 0 Å². The van der Waals surface area contributed by atoms with E-state index >= 15 is 0 Å². The molecule has 0 amide bonds. The zero-order valence-corrected chi connectivity index (χ0v) is 11.4. The molecule has 0 aromatic heterocycles. The Kier molecular flexibility index (Phi) is 3.84. The minimum atomic E-state index is -0.0137. The van der Waals surface area contributed by atoms with E-state index in [9.17, 15) is 5.26 Å². The van der Waals surface area contributed by atoms with Crippen LogP contribution in [0.2, 0.25) is 0 Å². The number of nitrogens with one attached hydrogen (secondary N) is 1. The Morgan fingerprint density at radius 1 is 1.05 bits per heavy atom. The van der Waals surface area contributed by atoms with E-state index in [-0.39, 0.29) is 5.92 Å². The summed E-state index contributed by atoms with van der Waals surface area (Å²) in [6.45, 7) is 1.90. The first-order chi connectivity index (χ1) is 9.38. The fourth-order valence-electron chi connectivity index (χ4n) is 3.08. The Bertz CT molecular complexity index is 428. The van der Waals surface area contributed by atoms with Gasteiger partial charge < -0.3 is 5.32 Å². The minimum absolute atomic E-state index is 0.0137. The second-order valence-electron chi connectivity index (χ2n) is 6.09. The summed E-state index contributed by atoms with van der Waals surface area (Å²) >= 11 is 0. The van der Waals surface area contributed by atoms with Crippen molar-refractivity contribution in [2.45, 2.75) is 31.6 Å². The Morgan fingerprint density at radius 3 is 2.21 bits per heavy atom. The molecular weight excluding hydrogens is 232 g/mol. The Morgan fingerprint density at radius 2 is 1.68 bits per heavy atom. The summed E-state index contributed by atoms with van der Waals surface area (Å²) in [4.78, 5) is 0. The molecule has 0 aliphatic heterocycles. The van der Waals surface area contributed by atoms with Gasteiger partial charge in [-0.2, -0.15) is 5.26 Å². The van der Waals surface area contributed by atoms with Crippen molar-refractivity contribution in [3.63, 3.8) is 0 Å². The van der Waals surface area contributed by atoms with Crippen LogP contribution < -0.4 is 5.32 Å². The van der Waals surface area contributed by atoms with Crippen molar-refractivity contribution in [2.24, 2.45) is 17.8 Å².